The Morgan fingerprint density at radius 1 is 1.29 bits per heavy atom. The number of amides is 1. The smallest absolute Gasteiger partial charge is 0.308 e. The number of aryl methyl sites for hydroxylation is 1. The third-order valence-corrected chi connectivity index (χ3v) is 5.48. The monoisotopic (exact) mass is 331 g/mol. The lowest BCUT2D eigenvalue weighted by Crippen LogP contribution is -2.42. The highest BCUT2D eigenvalue weighted by atomic mass is 16.5. The predicted octanol–water partition coefficient (Wildman–Crippen LogP) is 2.27. The summed E-state index contributed by atoms with van der Waals surface area (Å²) in [5.74, 6) is -1.33. The van der Waals surface area contributed by atoms with Gasteiger partial charge in [-0.15, -0.1) is 0 Å². The minimum absolute atomic E-state index is 0.0323. The molecular weight excluding hydrogens is 306 g/mol. The molecule has 1 saturated carbocycles. The number of hydrogen-bond acceptors (Lipinski definition) is 3. The molecule has 1 amide bonds. The molecule has 0 aromatic heterocycles. The van der Waals surface area contributed by atoms with Crippen LogP contribution in [0.5, 0.6) is 0 Å². The molecule has 0 bridgehead atoms. The highest BCUT2D eigenvalue weighted by molar-refractivity contribution is 5.92. The Labute approximate surface area is 142 Å². The standard InChI is InChI=1S/C19H25NO4/c1-13-4-2-3-5-16(13)19(8-9-19)18(23)20-12-15(17(21)22)14-6-10-24-11-7-14/h2-5,14-15H,6-12H2,1H3,(H,20,23)(H,21,22). The van der Waals surface area contributed by atoms with Crippen LogP contribution in [-0.2, 0) is 19.7 Å². The first-order valence-electron chi connectivity index (χ1n) is 8.69. The molecule has 1 heterocycles. The summed E-state index contributed by atoms with van der Waals surface area (Å²) in [5, 5.41) is 12.5. The maximum Gasteiger partial charge on any atom is 0.308 e. The van der Waals surface area contributed by atoms with E-state index in [-0.39, 0.29) is 18.4 Å². The molecule has 1 saturated heterocycles. The topological polar surface area (TPSA) is 75.6 Å². The quantitative estimate of drug-likeness (QED) is 0.838. The minimum Gasteiger partial charge on any atom is -0.481 e. The Morgan fingerprint density at radius 2 is 1.96 bits per heavy atom. The average Bonchev–Trinajstić information content (AvgIpc) is 3.38. The molecule has 1 aliphatic heterocycles. The van der Waals surface area contributed by atoms with Gasteiger partial charge in [0.2, 0.25) is 5.91 Å². The number of carboxylic acid groups (broad SMARTS) is 1. The molecule has 3 rings (SSSR count). The number of carboxylic acids is 1. The molecule has 2 aliphatic rings. The first-order valence-corrected chi connectivity index (χ1v) is 8.69. The molecule has 2 fully saturated rings. The van der Waals surface area contributed by atoms with Gasteiger partial charge in [0.15, 0.2) is 0 Å². The Kier molecular flexibility index (Phi) is 4.90. The summed E-state index contributed by atoms with van der Waals surface area (Å²) in [7, 11) is 0. The SMILES string of the molecule is Cc1ccccc1C1(C(=O)NCC(C(=O)O)C2CCOCC2)CC1. The number of nitrogens with one attached hydrogen (secondary N) is 1. The third-order valence-electron chi connectivity index (χ3n) is 5.48. The van der Waals surface area contributed by atoms with E-state index in [1.54, 1.807) is 0 Å². The summed E-state index contributed by atoms with van der Waals surface area (Å²) in [6.45, 7) is 3.43. The van der Waals surface area contributed by atoms with Crippen molar-refractivity contribution in [1.29, 1.82) is 0 Å². The van der Waals surface area contributed by atoms with Crippen molar-refractivity contribution in [2.45, 2.75) is 38.0 Å². The zero-order chi connectivity index (χ0) is 17.2. The first kappa shape index (κ1) is 17.0. The summed E-state index contributed by atoms with van der Waals surface area (Å²) in [6.07, 6.45) is 3.16. The van der Waals surface area contributed by atoms with Gasteiger partial charge < -0.3 is 15.2 Å². The molecule has 24 heavy (non-hydrogen) atoms. The van der Waals surface area contributed by atoms with E-state index in [9.17, 15) is 14.7 Å². The van der Waals surface area contributed by atoms with Crippen LogP contribution in [-0.4, -0.2) is 36.7 Å². The van der Waals surface area contributed by atoms with Gasteiger partial charge in [-0.3, -0.25) is 9.59 Å². The zero-order valence-corrected chi connectivity index (χ0v) is 14.1. The van der Waals surface area contributed by atoms with Crippen LogP contribution in [0.15, 0.2) is 24.3 Å². The van der Waals surface area contributed by atoms with Crippen LogP contribution in [0.4, 0.5) is 0 Å². The van der Waals surface area contributed by atoms with Gasteiger partial charge in [0.25, 0.3) is 0 Å². The normalized spacial score (nSPS) is 21.0. The van der Waals surface area contributed by atoms with Gasteiger partial charge in [-0.2, -0.15) is 0 Å². The fraction of sp³-hybridized carbons (Fsp3) is 0.579. The molecule has 1 atom stereocenters. The van der Waals surface area contributed by atoms with Crippen LogP contribution >= 0.6 is 0 Å². The molecule has 130 valence electrons. The van der Waals surface area contributed by atoms with Crippen molar-refractivity contribution in [2.75, 3.05) is 19.8 Å². The molecule has 0 spiro atoms. The van der Waals surface area contributed by atoms with Gasteiger partial charge in [-0.25, -0.2) is 0 Å². The number of hydrogen-bond donors (Lipinski definition) is 2. The Bertz CT molecular complexity index is 618. The number of ether oxygens (including phenoxy) is 1. The Hall–Kier alpha value is -1.88. The van der Waals surface area contributed by atoms with E-state index in [4.69, 9.17) is 4.74 Å². The average molecular weight is 331 g/mol. The summed E-state index contributed by atoms with van der Waals surface area (Å²) >= 11 is 0. The lowest BCUT2D eigenvalue weighted by atomic mass is 9.85. The van der Waals surface area contributed by atoms with Crippen LogP contribution in [0.1, 0.15) is 36.8 Å². The van der Waals surface area contributed by atoms with Crippen LogP contribution in [0.2, 0.25) is 0 Å². The fourth-order valence-electron chi connectivity index (χ4n) is 3.80. The first-order chi connectivity index (χ1) is 11.5. The fourth-order valence-corrected chi connectivity index (χ4v) is 3.80. The lowest BCUT2D eigenvalue weighted by molar-refractivity contribution is -0.145. The van der Waals surface area contributed by atoms with Crippen LogP contribution in [0, 0.1) is 18.8 Å². The van der Waals surface area contributed by atoms with Gasteiger partial charge >= 0.3 is 5.97 Å². The maximum absolute atomic E-state index is 12.8. The number of aliphatic carboxylic acids is 1. The van der Waals surface area contributed by atoms with Gasteiger partial charge in [0.05, 0.1) is 11.3 Å². The van der Waals surface area contributed by atoms with Crippen LogP contribution in [0.3, 0.4) is 0 Å². The van der Waals surface area contributed by atoms with Gasteiger partial charge in [0, 0.05) is 19.8 Å². The molecular formula is C19H25NO4. The molecule has 2 N–H and O–H groups in total. The van der Waals surface area contributed by atoms with E-state index >= 15 is 0 Å². The van der Waals surface area contributed by atoms with Crippen molar-refractivity contribution < 1.29 is 19.4 Å². The summed E-state index contributed by atoms with van der Waals surface area (Å²) in [6, 6.07) is 7.95. The Balaban J connectivity index is 1.66. The van der Waals surface area contributed by atoms with E-state index in [2.05, 4.69) is 5.32 Å². The van der Waals surface area contributed by atoms with E-state index in [1.807, 2.05) is 31.2 Å². The molecule has 1 aliphatic carbocycles. The summed E-state index contributed by atoms with van der Waals surface area (Å²) in [5.41, 5.74) is 1.73. The molecule has 0 radical (unpaired) electrons. The van der Waals surface area contributed by atoms with Crippen LogP contribution < -0.4 is 5.32 Å². The molecule has 1 aromatic carbocycles. The second-order valence-electron chi connectivity index (χ2n) is 7.00. The van der Waals surface area contributed by atoms with Crippen molar-refractivity contribution in [3.8, 4) is 0 Å². The van der Waals surface area contributed by atoms with Crippen molar-refractivity contribution in [1.82, 2.24) is 5.32 Å². The largest absolute Gasteiger partial charge is 0.481 e. The van der Waals surface area contributed by atoms with Crippen molar-refractivity contribution in [3.05, 3.63) is 35.4 Å². The summed E-state index contributed by atoms with van der Waals surface area (Å²) < 4.78 is 5.31. The number of benzene rings is 1. The Morgan fingerprint density at radius 3 is 2.54 bits per heavy atom. The number of carbonyl (C=O) groups excluding carboxylic acids is 1. The van der Waals surface area contributed by atoms with Gasteiger partial charge in [0.1, 0.15) is 0 Å². The highest BCUT2D eigenvalue weighted by Gasteiger charge is 2.52. The number of carbonyl (C=O) groups is 2. The van der Waals surface area contributed by atoms with Gasteiger partial charge in [-0.1, -0.05) is 24.3 Å². The molecule has 1 unspecified atom stereocenters. The second kappa shape index (κ2) is 6.93. The highest BCUT2D eigenvalue weighted by Crippen LogP contribution is 2.49. The lowest BCUT2D eigenvalue weighted by Gasteiger charge is -2.28. The van der Waals surface area contributed by atoms with E-state index in [0.717, 1.165) is 36.8 Å². The zero-order valence-electron chi connectivity index (χ0n) is 14.1. The van der Waals surface area contributed by atoms with Crippen LogP contribution in [0.25, 0.3) is 0 Å². The minimum atomic E-state index is -0.831. The second-order valence-corrected chi connectivity index (χ2v) is 7.00. The summed E-state index contributed by atoms with van der Waals surface area (Å²) in [4.78, 5) is 24.4. The van der Waals surface area contributed by atoms with E-state index in [0.29, 0.717) is 13.2 Å². The van der Waals surface area contributed by atoms with Crippen molar-refractivity contribution in [2.24, 2.45) is 11.8 Å². The van der Waals surface area contributed by atoms with Gasteiger partial charge in [-0.05, 0) is 49.7 Å². The van der Waals surface area contributed by atoms with Crippen molar-refractivity contribution in [3.63, 3.8) is 0 Å². The molecule has 5 heteroatoms. The van der Waals surface area contributed by atoms with E-state index < -0.39 is 17.3 Å². The maximum atomic E-state index is 12.8. The molecule has 1 aromatic rings. The number of rotatable bonds is 6. The predicted molar refractivity (Wildman–Crippen MR) is 89.8 cm³/mol. The third kappa shape index (κ3) is 3.31. The van der Waals surface area contributed by atoms with E-state index in [1.165, 1.54) is 0 Å². The van der Waals surface area contributed by atoms with Crippen molar-refractivity contribution >= 4 is 11.9 Å². The molecule has 5 nitrogen and oxygen atoms in total.